The summed E-state index contributed by atoms with van der Waals surface area (Å²) in [5.41, 5.74) is 1.75. The van der Waals surface area contributed by atoms with Gasteiger partial charge in [-0.25, -0.2) is 4.98 Å². The lowest BCUT2D eigenvalue weighted by molar-refractivity contribution is -0.121. The van der Waals surface area contributed by atoms with Crippen LogP contribution in [-0.4, -0.2) is 22.0 Å². The molecule has 2 heterocycles. The van der Waals surface area contributed by atoms with Crippen LogP contribution in [0.4, 0.5) is 0 Å². The summed E-state index contributed by atoms with van der Waals surface area (Å²) in [5.74, 6) is -0.155. The van der Waals surface area contributed by atoms with Crippen LogP contribution in [0.25, 0.3) is 21.3 Å². The van der Waals surface area contributed by atoms with E-state index in [2.05, 4.69) is 17.2 Å². The van der Waals surface area contributed by atoms with E-state index in [9.17, 15) is 9.59 Å². The fraction of sp³-hybridized carbons (Fsp3) is 0.350. The van der Waals surface area contributed by atoms with Crippen molar-refractivity contribution >= 4 is 27.5 Å². The van der Waals surface area contributed by atoms with E-state index in [1.54, 1.807) is 0 Å². The first kappa shape index (κ1) is 18.3. The summed E-state index contributed by atoms with van der Waals surface area (Å²) in [5, 5.41) is 3.47. The summed E-state index contributed by atoms with van der Waals surface area (Å²) < 4.78 is 1.40. The molecule has 5 nitrogen and oxygen atoms in total. The number of thiophene rings is 1. The Morgan fingerprint density at radius 1 is 1.23 bits per heavy atom. The number of carbonyl (C=O) groups excluding carboxylic acids is 1. The molecule has 1 aromatic carbocycles. The summed E-state index contributed by atoms with van der Waals surface area (Å²) in [6, 6.07) is 9.85. The first-order chi connectivity index (χ1) is 12.6. The number of hydrogen-bond acceptors (Lipinski definition) is 4. The molecule has 0 saturated heterocycles. The van der Waals surface area contributed by atoms with E-state index in [1.807, 2.05) is 37.3 Å². The van der Waals surface area contributed by atoms with Crippen molar-refractivity contribution in [3.8, 4) is 11.1 Å². The second kappa shape index (κ2) is 8.27. The van der Waals surface area contributed by atoms with E-state index in [-0.39, 0.29) is 18.0 Å². The van der Waals surface area contributed by atoms with Crippen LogP contribution in [0, 0.1) is 6.92 Å². The third-order valence-corrected chi connectivity index (χ3v) is 5.35. The van der Waals surface area contributed by atoms with Gasteiger partial charge in [0, 0.05) is 17.0 Å². The smallest absolute Gasteiger partial charge is 0.263 e. The summed E-state index contributed by atoms with van der Waals surface area (Å²) in [7, 11) is 0. The second-order valence-electron chi connectivity index (χ2n) is 6.31. The van der Waals surface area contributed by atoms with Crippen LogP contribution >= 0.6 is 11.3 Å². The van der Waals surface area contributed by atoms with E-state index < -0.39 is 0 Å². The van der Waals surface area contributed by atoms with Gasteiger partial charge in [-0.2, -0.15) is 0 Å². The largest absolute Gasteiger partial charge is 0.355 e. The lowest BCUT2D eigenvalue weighted by Crippen LogP contribution is -2.32. The van der Waals surface area contributed by atoms with Crippen LogP contribution in [0.3, 0.4) is 0 Å². The van der Waals surface area contributed by atoms with E-state index in [1.165, 1.54) is 22.2 Å². The molecule has 0 spiro atoms. The predicted octanol–water partition coefficient (Wildman–Crippen LogP) is 3.74. The maximum Gasteiger partial charge on any atom is 0.263 e. The first-order valence-corrected chi connectivity index (χ1v) is 9.74. The predicted molar refractivity (Wildman–Crippen MR) is 107 cm³/mol. The third kappa shape index (κ3) is 3.85. The van der Waals surface area contributed by atoms with E-state index in [0.717, 1.165) is 35.3 Å². The van der Waals surface area contributed by atoms with Gasteiger partial charge < -0.3 is 5.32 Å². The lowest BCUT2D eigenvalue weighted by Gasteiger charge is -2.08. The van der Waals surface area contributed by atoms with E-state index >= 15 is 0 Å². The summed E-state index contributed by atoms with van der Waals surface area (Å²) in [4.78, 5) is 31.3. The number of benzene rings is 1. The lowest BCUT2D eigenvalue weighted by atomic mass is 10.0. The molecule has 0 aliphatic carbocycles. The van der Waals surface area contributed by atoms with Crippen LogP contribution in [0.15, 0.2) is 41.5 Å². The molecule has 0 aliphatic heterocycles. The Kier molecular flexibility index (Phi) is 5.83. The third-order valence-electron chi connectivity index (χ3n) is 4.33. The van der Waals surface area contributed by atoms with E-state index in [0.29, 0.717) is 16.8 Å². The first-order valence-electron chi connectivity index (χ1n) is 8.92. The molecule has 136 valence electrons. The highest BCUT2D eigenvalue weighted by Crippen LogP contribution is 2.35. The summed E-state index contributed by atoms with van der Waals surface area (Å²) >= 11 is 1.51. The highest BCUT2D eigenvalue weighted by molar-refractivity contribution is 7.19. The zero-order chi connectivity index (χ0) is 18.5. The van der Waals surface area contributed by atoms with Gasteiger partial charge in [-0.1, -0.05) is 50.1 Å². The average molecular weight is 369 g/mol. The van der Waals surface area contributed by atoms with Crippen LogP contribution in [0.2, 0.25) is 0 Å². The molecular weight excluding hydrogens is 346 g/mol. The molecule has 6 heteroatoms. The molecule has 0 radical (unpaired) electrons. The normalized spacial score (nSPS) is 11.0. The van der Waals surface area contributed by atoms with E-state index in [4.69, 9.17) is 0 Å². The topological polar surface area (TPSA) is 64.0 Å². The van der Waals surface area contributed by atoms with Crippen molar-refractivity contribution in [2.45, 2.75) is 39.7 Å². The van der Waals surface area contributed by atoms with Gasteiger partial charge in [-0.3, -0.25) is 14.2 Å². The van der Waals surface area contributed by atoms with Gasteiger partial charge in [0.1, 0.15) is 11.4 Å². The molecule has 0 atom stereocenters. The Balaban J connectivity index is 1.91. The minimum absolute atomic E-state index is 0.00295. The van der Waals surface area contributed by atoms with Crippen molar-refractivity contribution < 1.29 is 4.79 Å². The molecule has 0 saturated carbocycles. The molecule has 0 unspecified atom stereocenters. The van der Waals surface area contributed by atoms with Gasteiger partial charge in [-0.05, 0) is 18.9 Å². The summed E-state index contributed by atoms with van der Waals surface area (Å²) in [6.07, 6.45) is 4.62. The van der Waals surface area contributed by atoms with Gasteiger partial charge >= 0.3 is 0 Å². The number of carbonyl (C=O) groups is 1. The Hall–Kier alpha value is -2.47. The maximum absolute atomic E-state index is 13.0. The molecule has 0 fully saturated rings. The van der Waals surface area contributed by atoms with Crippen LogP contribution in [0.1, 0.15) is 31.1 Å². The Labute approximate surface area is 156 Å². The number of unbranched alkanes of at least 4 members (excludes halogenated alkanes) is 2. The average Bonchev–Trinajstić information content (AvgIpc) is 2.99. The number of rotatable bonds is 7. The quantitative estimate of drug-likeness (QED) is 0.645. The number of nitrogens with one attached hydrogen (secondary N) is 1. The standard InChI is InChI=1S/C20H23N3O2S/c1-3-4-8-11-21-16(24)12-23-13-22-19-18(20(23)25)17(14(2)26-19)15-9-6-5-7-10-15/h5-7,9-10,13H,3-4,8,11-12H2,1-2H3,(H,21,24). The zero-order valence-electron chi connectivity index (χ0n) is 15.1. The highest BCUT2D eigenvalue weighted by atomic mass is 32.1. The van der Waals surface area contributed by atoms with Crippen molar-refractivity contribution in [2.75, 3.05) is 6.54 Å². The van der Waals surface area contributed by atoms with Crippen LogP contribution < -0.4 is 10.9 Å². The Morgan fingerprint density at radius 3 is 2.73 bits per heavy atom. The number of nitrogens with zero attached hydrogens (tertiary/aromatic N) is 2. The fourth-order valence-corrected chi connectivity index (χ4v) is 4.02. The number of hydrogen-bond donors (Lipinski definition) is 1. The molecule has 3 rings (SSSR count). The van der Waals surface area contributed by atoms with Crippen LogP contribution in [-0.2, 0) is 11.3 Å². The minimum atomic E-state index is -0.165. The second-order valence-corrected chi connectivity index (χ2v) is 7.52. The van der Waals surface area contributed by atoms with Gasteiger partial charge in [0.15, 0.2) is 0 Å². The Morgan fingerprint density at radius 2 is 2.00 bits per heavy atom. The molecule has 3 aromatic rings. The molecule has 1 N–H and O–H groups in total. The molecule has 26 heavy (non-hydrogen) atoms. The minimum Gasteiger partial charge on any atom is -0.355 e. The van der Waals surface area contributed by atoms with Crippen LogP contribution in [0.5, 0.6) is 0 Å². The van der Waals surface area contributed by atoms with Gasteiger partial charge in [0.2, 0.25) is 5.91 Å². The molecule has 0 aliphatic rings. The van der Waals surface area contributed by atoms with Gasteiger partial charge in [0.25, 0.3) is 5.56 Å². The van der Waals surface area contributed by atoms with Gasteiger partial charge in [0.05, 0.1) is 11.7 Å². The molecule has 2 aromatic heterocycles. The van der Waals surface area contributed by atoms with Crippen molar-refractivity contribution in [2.24, 2.45) is 0 Å². The number of aromatic nitrogens is 2. The highest BCUT2D eigenvalue weighted by Gasteiger charge is 2.17. The van der Waals surface area contributed by atoms with Crippen molar-refractivity contribution in [1.29, 1.82) is 0 Å². The maximum atomic E-state index is 13.0. The Bertz CT molecular complexity index is 960. The van der Waals surface area contributed by atoms with Crippen molar-refractivity contribution in [1.82, 2.24) is 14.9 Å². The number of amides is 1. The summed E-state index contributed by atoms with van der Waals surface area (Å²) in [6.45, 7) is 4.76. The number of fused-ring (bicyclic) bond motifs is 1. The molecular formula is C20H23N3O2S. The zero-order valence-corrected chi connectivity index (χ0v) is 15.9. The van der Waals surface area contributed by atoms with Gasteiger partial charge in [-0.15, -0.1) is 11.3 Å². The van der Waals surface area contributed by atoms with Crippen molar-refractivity contribution in [3.05, 3.63) is 51.9 Å². The number of aryl methyl sites for hydroxylation is 1. The fourth-order valence-electron chi connectivity index (χ4n) is 3.02. The van der Waals surface area contributed by atoms with Crippen molar-refractivity contribution in [3.63, 3.8) is 0 Å². The SMILES string of the molecule is CCCCCNC(=O)Cn1cnc2sc(C)c(-c3ccccc3)c2c1=O. The molecule has 0 bridgehead atoms. The molecule has 1 amide bonds. The monoisotopic (exact) mass is 369 g/mol.